The third-order valence-electron chi connectivity index (χ3n) is 11.0. The van der Waals surface area contributed by atoms with Crippen molar-refractivity contribution >= 4 is 59.2 Å². The van der Waals surface area contributed by atoms with Crippen molar-refractivity contribution in [3.8, 4) is 0 Å². The lowest BCUT2D eigenvalue weighted by Gasteiger charge is -2.29. The molecule has 5 amide bonds. The van der Waals surface area contributed by atoms with Crippen LogP contribution in [0.5, 0.6) is 0 Å². The van der Waals surface area contributed by atoms with Gasteiger partial charge in [0.2, 0.25) is 11.9 Å². The molecule has 0 unspecified atom stereocenters. The number of nitrogen functional groups attached to an aromatic ring is 1. The highest BCUT2D eigenvalue weighted by atomic mass is 16.6. The van der Waals surface area contributed by atoms with Crippen molar-refractivity contribution in [2.45, 2.75) is 150 Å². The van der Waals surface area contributed by atoms with E-state index in [-0.39, 0.29) is 86.2 Å². The van der Waals surface area contributed by atoms with E-state index in [1.807, 2.05) is 13.0 Å². The van der Waals surface area contributed by atoms with Crippen molar-refractivity contribution in [1.29, 1.82) is 0 Å². The lowest BCUT2D eigenvalue weighted by atomic mass is 9.97. The van der Waals surface area contributed by atoms with Gasteiger partial charge < -0.3 is 65.8 Å². The Morgan fingerprint density at radius 2 is 1.30 bits per heavy atom. The molecule has 0 spiro atoms. The summed E-state index contributed by atoms with van der Waals surface area (Å²) in [7, 11) is 0. The molecule has 4 rings (SSSR count). The number of amides is 5. The van der Waals surface area contributed by atoms with Gasteiger partial charge in [-0.1, -0.05) is 55.8 Å². The fourth-order valence-electron chi connectivity index (χ4n) is 7.52. The van der Waals surface area contributed by atoms with Crippen LogP contribution in [0.15, 0.2) is 53.3 Å². The number of imidazole rings is 1. The van der Waals surface area contributed by atoms with Crippen molar-refractivity contribution in [3.63, 3.8) is 0 Å². The molecule has 4 aromatic rings. The molecule has 0 radical (unpaired) electrons. The third-order valence-corrected chi connectivity index (χ3v) is 11.0. The SMILES string of the molecule is CCCCNc1nc(N)c2[nH]c(=O)n(Cc3ccc(C(=O)O)c(C[C@H](NC(=O)OCc4ccccc4)C(=O)NCCCN(CCCCN(CCCNC(=O)OC(C)(C)C)C(=O)OC(C)(C)C)C(=O)OC(C)(C)C)c3)c2n1. The zero-order chi connectivity index (χ0) is 56.2. The summed E-state index contributed by atoms with van der Waals surface area (Å²) in [5, 5.41) is 21.6. The second-order valence-electron chi connectivity index (χ2n) is 21.3. The molecule has 0 aliphatic carbocycles. The number of nitrogens with one attached hydrogen (secondary N) is 5. The van der Waals surface area contributed by atoms with Gasteiger partial charge in [-0.2, -0.15) is 9.97 Å². The molecule has 0 saturated heterocycles. The first-order valence-corrected chi connectivity index (χ1v) is 25.7. The smallest absolute Gasteiger partial charge is 0.410 e. The number of carboxylic acid groups (broad SMARTS) is 1. The molecule has 0 bridgehead atoms. The summed E-state index contributed by atoms with van der Waals surface area (Å²) < 4.78 is 23.5. The molecule has 8 N–H and O–H groups in total. The fraction of sp³-hybridized carbons (Fsp3) is 0.566. The van der Waals surface area contributed by atoms with E-state index in [1.54, 1.807) is 104 Å². The molecule has 0 fully saturated rings. The Morgan fingerprint density at radius 3 is 1.87 bits per heavy atom. The lowest BCUT2D eigenvalue weighted by Crippen LogP contribution is -2.49. The van der Waals surface area contributed by atoms with Gasteiger partial charge in [0.1, 0.15) is 35.0 Å². The summed E-state index contributed by atoms with van der Waals surface area (Å²) >= 11 is 0. The maximum atomic E-state index is 14.1. The maximum absolute atomic E-state index is 14.1. The van der Waals surface area contributed by atoms with E-state index in [0.29, 0.717) is 50.0 Å². The Kier molecular flexibility index (Phi) is 22.7. The molecule has 2 aromatic carbocycles. The lowest BCUT2D eigenvalue weighted by molar-refractivity contribution is -0.123. The van der Waals surface area contributed by atoms with Gasteiger partial charge >= 0.3 is 36.0 Å². The van der Waals surface area contributed by atoms with Crippen molar-refractivity contribution < 1.29 is 52.8 Å². The van der Waals surface area contributed by atoms with Crippen LogP contribution in [0.4, 0.5) is 30.9 Å². The number of hydrogen-bond donors (Lipinski definition) is 7. The minimum absolute atomic E-state index is 0.0364. The van der Waals surface area contributed by atoms with Crippen LogP contribution in [-0.4, -0.2) is 139 Å². The summed E-state index contributed by atoms with van der Waals surface area (Å²) in [6.07, 6.45) is 0.561. The molecule has 2 aromatic heterocycles. The highest BCUT2D eigenvalue weighted by Gasteiger charge is 2.28. The first kappa shape index (κ1) is 61.0. The van der Waals surface area contributed by atoms with E-state index < -0.39 is 64.8 Å². The summed E-state index contributed by atoms with van der Waals surface area (Å²) in [6.45, 7) is 19.6. The number of ether oxygens (including phenoxy) is 4. The van der Waals surface area contributed by atoms with Gasteiger partial charge in [-0.05, 0) is 117 Å². The number of carboxylic acids is 1. The van der Waals surface area contributed by atoms with Gasteiger partial charge in [0.25, 0.3) is 0 Å². The maximum Gasteiger partial charge on any atom is 0.410 e. The zero-order valence-electron chi connectivity index (χ0n) is 45.8. The summed E-state index contributed by atoms with van der Waals surface area (Å²) in [5.74, 6) is -1.64. The first-order chi connectivity index (χ1) is 35.7. The standard InChI is InChI=1S/C53H79N11O12/c1-11-12-24-56-45-60-41(54)40-42(61-45)64(46(68)59-40)33-36-22-23-38(44(66)67)37(31-36)32-39(58-48(70)73-34-35-20-14-13-15-21-35)43(65)55-25-18-29-62(49(71)75-52(5,6)7)27-16-17-28-63(50(72)76-53(8,9)10)30-19-26-57-47(69)74-51(2,3)4/h13-15,20-23,31,39H,11-12,16-19,24-30,32-34H2,1-10H3,(H,55,65)(H,57,69)(H,58,70)(H,59,68)(H,66,67)(H3,54,56,60,61)/t39-/m0/s1. The Hall–Kier alpha value is -7.59. The Balaban J connectivity index is 1.49. The van der Waals surface area contributed by atoms with Crippen LogP contribution in [-0.2, 0) is 43.3 Å². The molecule has 23 nitrogen and oxygen atoms in total. The van der Waals surface area contributed by atoms with Gasteiger partial charge in [-0.3, -0.25) is 9.36 Å². The number of aromatic carboxylic acids is 1. The van der Waals surface area contributed by atoms with Gasteiger partial charge in [0.05, 0.1) is 12.1 Å². The molecule has 76 heavy (non-hydrogen) atoms. The van der Waals surface area contributed by atoms with Crippen LogP contribution in [0, 0.1) is 0 Å². The first-order valence-electron chi connectivity index (χ1n) is 25.7. The van der Waals surface area contributed by atoms with Crippen LogP contribution in [0.2, 0.25) is 0 Å². The summed E-state index contributed by atoms with van der Waals surface area (Å²) in [5.41, 5.74) is 5.15. The molecule has 1 atom stereocenters. The third kappa shape index (κ3) is 21.3. The predicted octanol–water partition coefficient (Wildman–Crippen LogP) is 7.17. The van der Waals surface area contributed by atoms with Crippen molar-refractivity contribution in [1.82, 2.24) is 45.3 Å². The van der Waals surface area contributed by atoms with E-state index in [4.69, 9.17) is 24.7 Å². The van der Waals surface area contributed by atoms with Gasteiger partial charge in [0, 0.05) is 52.2 Å². The molecule has 23 heteroatoms. The predicted molar refractivity (Wildman–Crippen MR) is 287 cm³/mol. The summed E-state index contributed by atoms with van der Waals surface area (Å²) in [6, 6.07) is 12.0. The number of carbonyl (C=O) groups excluding carboxylic acids is 5. The average molecular weight is 1060 g/mol. The topological polar surface area (TPSA) is 304 Å². The quantitative estimate of drug-likeness (QED) is 0.0242. The number of H-pyrrole nitrogens is 1. The zero-order valence-corrected chi connectivity index (χ0v) is 45.8. The van der Waals surface area contributed by atoms with Crippen LogP contribution in [0.25, 0.3) is 11.2 Å². The molecule has 2 heterocycles. The second-order valence-corrected chi connectivity index (χ2v) is 21.3. The van der Waals surface area contributed by atoms with Crippen molar-refractivity contribution in [2.75, 3.05) is 56.9 Å². The van der Waals surface area contributed by atoms with Crippen LogP contribution < -0.4 is 32.7 Å². The Bertz CT molecular complexity index is 2640. The minimum Gasteiger partial charge on any atom is -0.478 e. The van der Waals surface area contributed by atoms with Crippen molar-refractivity contribution in [2.24, 2.45) is 0 Å². The number of fused-ring (bicyclic) bond motifs is 1. The minimum atomic E-state index is -1.35. The van der Waals surface area contributed by atoms with E-state index in [9.17, 15) is 38.7 Å². The normalized spacial score (nSPS) is 12.0. The number of nitrogens with two attached hydrogens (primary N) is 1. The number of anilines is 2. The molecule has 418 valence electrons. The Labute approximate surface area is 444 Å². The van der Waals surface area contributed by atoms with E-state index in [2.05, 4.69) is 36.2 Å². The van der Waals surface area contributed by atoms with Gasteiger partial charge in [-0.15, -0.1) is 0 Å². The van der Waals surface area contributed by atoms with Crippen LogP contribution in [0.1, 0.15) is 135 Å². The second kappa shape index (κ2) is 28.3. The van der Waals surface area contributed by atoms with Crippen LogP contribution >= 0.6 is 0 Å². The highest BCUT2D eigenvalue weighted by Crippen LogP contribution is 2.21. The number of benzene rings is 2. The van der Waals surface area contributed by atoms with Crippen molar-refractivity contribution in [3.05, 3.63) is 81.3 Å². The number of nitrogens with zero attached hydrogens (tertiary/aromatic N) is 5. The van der Waals surface area contributed by atoms with E-state index in [0.717, 1.165) is 12.8 Å². The summed E-state index contributed by atoms with van der Waals surface area (Å²) in [4.78, 5) is 107. The number of aromatic nitrogens is 4. The fourth-order valence-corrected chi connectivity index (χ4v) is 7.52. The van der Waals surface area contributed by atoms with Crippen LogP contribution in [0.3, 0.4) is 0 Å². The number of alkyl carbamates (subject to hydrolysis) is 2. The number of aromatic amines is 1. The average Bonchev–Trinajstić information content (AvgIpc) is 3.63. The Morgan fingerprint density at radius 1 is 0.724 bits per heavy atom. The van der Waals surface area contributed by atoms with E-state index in [1.165, 1.54) is 15.5 Å². The highest BCUT2D eigenvalue weighted by molar-refractivity contribution is 5.91. The largest absolute Gasteiger partial charge is 0.478 e. The number of unbranched alkanes of at least 4 members (excludes halogenated alkanes) is 2. The number of carbonyl (C=O) groups is 6. The van der Waals surface area contributed by atoms with Gasteiger partial charge in [0.15, 0.2) is 11.5 Å². The number of hydrogen-bond acceptors (Lipinski definition) is 15. The van der Waals surface area contributed by atoms with Gasteiger partial charge in [-0.25, -0.2) is 28.8 Å². The molecule has 0 saturated carbocycles. The van der Waals surface area contributed by atoms with E-state index >= 15 is 0 Å². The molecular formula is C53H79N11O12. The number of rotatable bonds is 26. The molecule has 0 aliphatic rings. The molecular weight excluding hydrogens is 983 g/mol. The monoisotopic (exact) mass is 1060 g/mol. The molecule has 0 aliphatic heterocycles.